The fraction of sp³-hybridized carbons (Fsp3) is 0.321. The number of likely N-dealkylation sites (tertiary alicyclic amines) is 1. The van der Waals surface area contributed by atoms with Crippen molar-refractivity contribution in [3.8, 4) is 5.75 Å². The third kappa shape index (κ3) is 5.67. The lowest BCUT2D eigenvalue weighted by atomic mass is 10.1. The number of nitrogens with one attached hydrogen (secondary N) is 3. The van der Waals surface area contributed by atoms with Crippen LogP contribution in [-0.2, 0) is 12.5 Å². The van der Waals surface area contributed by atoms with E-state index in [4.69, 9.17) is 4.74 Å². The van der Waals surface area contributed by atoms with Gasteiger partial charge in [-0.3, -0.25) is 9.59 Å². The van der Waals surface area contributed by atoms with Crippen molar-refractivity contribution >= 4 is 29.0 Å². The van der Waals surface area contributed by atoms with Crippen molar-refractivity contribution in [1.29, 1.82) is 0 Å². The molecule has 0 unspecified atom stereocenters. The zero-order valence-corrected chi connectivity index (χ0v) is 21.8. The molecule has 2 aliphatic rings. The molecule has 41 heavy (non-hydrogen) atoms. The van der Waals surface area contributed by atoms with Crippen molar-refractivity contribution < 1.29 is 36.3 Å². The maximum absolute atomic E-state index is 14.4. The Morgan fingerprint density at radius 1 is 1.15 bits per heavy atom. The van der Waals surface area contributed by atoms with Crippen LogP contribution in [0, 0.1) is 0 Å². The van der Waals surface area contributed by atoms with E-state index in [1.54, 1.807) is 18.2 Å². The van der Waals surface area contributed by atoms with E-state index in [1.807, 2.05) is 11.9 Å². The standard InChI is InChI=1S/C28H26F5N5O3/c1-38-12-4-5-17(38)15-41-23-13-16(9-10-21(23)27(29,30)28(31,32)33)36-26(40)19-7-3-11-34-24(19)37-22-8-2-6-18-20(22)14-35-25(18)39/h2-3,6-11,13,17H,4-5,12,14-15H2,1H3,(H,34,37)(H,35,39)(H,36,40)/t17-/m0/s1. The normalized spacial score (nSPS) is 17.2. The highest BCUT2D eigenvalue weighted by Gasteiger charge is 2.60. The molecule has 8 nitrogen and oxygen atoms in total. The van der Waals surface area contributed by atoms with Crippen molar-refractivity contribution in [2.45, 2.75) is 37.5 Å². The lowest BCUT2D eigenvalue weighted by Crippen LogP contribution is -2.35. The Kier molecular flexibility index (Phi) is 7.56. The number of fused-ring (bicyclic) bond motifs is 1. The van der Waals surface area contributed by atoms with Crippen molar-refractivity contribution in [1.82, 2.24) is 15.2 Å². The lowest BCUT2D eigenvalue weighted by Gasteiger charge is -2.25. The summed E-state index contributed by atoms with van der Waals surface area (Å²) in [5, 5.41) is 8.32. The summed E-state index contributed by atoms with van der Waals surface area (Å²) in [6.07, 6.45) is -2.82. The van der Waals surface area contributed by atoms with E-state index < -0.39 is 29.3 Å². The van der Waals surface area contributed by atoms with Gasteiger partial charge in [0.05, 0.1) is 11.1 Å². The number of halogens is 5. The molecule has 1 aromatic heterocycles. The van der Waals surface area contributed by atoms with Gasteiger partial charge in [0.2, 0.25) is 0 Å². The second-order valence-corrected chi connectivity index (χ2v) is 9.86. The molecule has 1 fully saturated rings. The molecule has 13 heteroatoms. The van der Waals surface area contributed by atoms with Gasteiger partial charge in [0.15, 0.2) is 0 Å². The smallest absolute Gasteiger partial charge is 0.458 e. The molecular weight excluding hydrogens is 549 g/mol. The zero-order valence-electron chi connectivity index (χ0n) is 21.8. The highest BCUT2D eigenvalue weighted by atomic mass is 19.4. The van der Waals surface area contributed by atoms with Gasteiger partial charge in [0, 0.05) is 47.4 Å². The topological polar surface area (TPSA) is 95.6 Å². The fourth-order valence-electron chi connectivity index (χ4n) is 4.89. The summed E-state index contributed by atoms with van der Waals surface area (Å²) in [7, 11) is 1.82. The van der Waals surface area contributed by atoms with Crippen molar-refractivity contribution in [3.63, 3.8) is 0 Å². The molecule has 0 bridgehead atoms. The number of anilines is 3. The van der Waals surface area contributed by atoms with E-state index in [-0.39, 0.29) is 35.6 Å². The number of likely N-dealkylation sites (N-methyl/N-ethyl adjacent to an activating group) is 1. The third-order valence-electron chi connectivity index (χ3n) is 7.19. The van der Waals surface area contributed by atoms with Gasteiger partial charge in [0.1, 0.15) is 18.2 Å². The van der Waals surface area contributed by atoms with Gasteiger partial charge in [0.25, 0.3) is 11.8 Å². The predicted octanol–water partition coefficient (Wildman–Crippen LogP) is 5.45. The van der Waals surface area contributed by atoms with Crippen LogP contribution in [0.15, 0.2) is 54.7 Å². The van der Waals surface area contributed by atoms with E-state index in [0.717, 1.165) is 25.1 Å². The molecule has 1 saturated heterocycles. The quantitative estimate of drug-likeness (QED) is 0.310. The van der Waals surface area contributed by atoms with Crippen molar-refractivity contribution in [2.75, 3.05) is 30.8 Å². The molecule has 3 heterocycles. The first-order chi connectivity index (χ1) is 19.5. The first kappa shape index (κ1) is 28.3. The molecule has 216 valence electrons. The number of benzene rings is 2. The fourth-order valence-corrected chi connectivity index (χ4v) is 4.89. The SMILES string of the molecule is CN1CCC[C@H]1COc1cc(NC(=O)c2cccnc2Nc2cccc3c2CNC3=O)ccc1C(F)(F)C(F)(F)F. The summed E-state index contributed by atoms with van der Waals surface area (Å²) in [6.45, 7) is 0.958. The summed E-state index contributed by atoms with van der Waals surface area (Å²) in [6, 6.07) is 10.4. The van der Waals surface area contributed by atoms with Crippen LogP contribution in [0.2, 0.25) is 0 Å². The van der Waals surface area contributed by atoms with Crippen LogP contribution in [0.25, 0.3) is 0 Å². The Morgan fingerprint density at radius 3 is 2.68 bits per heavy atom. The second kappa shape index (κ2) is 11.0. The molecule has 5 rings (SSSR count). The van der Waals surface area contributed by atoms with Gasteiger partial charge < -0.3 is 25.6 Å². The number of rotatable bonds is 8. The van der Waals surface area contributed by atoms with Gasteiger partial charge in [-0.15, -0.1) is 0 Å². The number of hydrogen-bond acceptors (Lipinski definition) is 6. The molecule has 2 aromatic carbocycles. The van der Waals surface area contributed by atoms with E-state index in [0.29, 0.717) is 35.8 Å². The maximum Gasteiger partial charge on any atom is 0.458 e. The second-order valence-electron chi connectivity index (χ2n) is 9.86. The Bertz CT molecular complexity index is 1480. The van der Waals surface area contributed by atoms with Crippen molar-refractivity contribution in [3.05, 3.63) is 77.0 Å². The molecule has 1 atom stereocenters. The minimum atomic E-state index is -5.84. The highest BCUT2D eigenvalue weighted by molar-refractivity contribution is 6.08. The zero-order chi connectivity index (χ0) is 29.4. The molecule has 3 N–H and O–H groups in total. The molecule has 3 aromatic rings. The van der Waals surface area contributed by atoms with Crippen LogP contribution in [0.5, 0.6) is 5.75 Å². The summed E-state index contributed by atoms with van der Waals surface area (Å²) in [5.74, 6) is -6.61. The van der Waals surface area contributed by atoms with Crippen LogP contribution >= 0.6 is 0 Å². The van der Waals surface area contributed by atoms with Crippen LogP contribution in [0.3, 0.4) is 0 Å². The van der Waals surface area contributed by atoms with Gasteiger partial charge in [-0.2, -0.15) is 22.0 Å². The Morgan fingerprint density at radius 2 is 1.95 bits per heavy atom. The summed E-state index contributed by atoms with van der Waals surface area (Å²) in [5.41, 5.74) is 0.432. The van der Waals surface area contributed by atoms with E-state index >= 15 is 0 Å². The van der Waals surface area contributed by atoms with E-state index in [2.05, 4.69) is 20.9 Å². The number of pyridine rings is 1. The number of carbonyl (C=O) groups is 2. The predicted molar refractivity (Wildman–Crippen MR) is 141 cm³/mol. The lowest BCUT2D eigenvalue weighted by molar-refractivity contribution is -0.289. The maximum atomic E-state index is 14.4. The van der Waals surface area contributed by atoms with Crippen molar-refractivity contribution in [2.24, 2.45) is 0 Å². The van der Waals surface area contributed by atoms with Gasteiger partial charge >= 0.3 is 12.1 Å². The minimum absolute atomic E-state index is 0.0447. The number of hydrogen-bond donors (Lipinski definition) is 3. The largest absolute Gasteiger partial charge is 0.491 e. The van der Waals surface area contributed by atoms with Crippen LogP contribution < -0.4 is 20.7 Å². The average Bonchev–Trinajstić information content (AvgIpc) is 3.52. The summed E-state index contributed by atoms with van der Waals surface area (Å²) >= 11 is 0. The number of nitrogens with zero attached hydrogens (tertiary/aromatic N) is 2. The third-order valence-corrected chi connectivity index (χ3v) is 7.19. The first-order valence-electron chi connectivity index (χ1n) is 12.8. The molecule has 0 spiro atoms. The van der Waals surface area contributed by atoms with Gasteiger partial charge in [-0.1, -0.05) is 6.07 Å². The number of carbonyl (C=O) groups excluding carboxylic acids is 2. The van der Waals surface area contributed by atoms with E-state index in [9.17, 15) is 31.5 Å². The number of aromatic nitrogens is 1. The van der Waals surface area contributed by atoms with E-state index in [1.165, 1.54) is 18.3 Å². The Labute approximate surface area is 231 Å². The number of alkyl halides is 5. The molecule has 2 amide bonds. The molecule has 0 radical (unpaired) electrons. The average molecular weight is 576 g/mol. The van der Waals surface area contributed by atoms with Gasteiger partial charge in [-0.05, 0) is 62.8 Å². The molecule has 0 saturated carbocycles. The monoisotopic (exact) mass is 575 g/mol. The highest BCUT2D eigenvalue weighted by Crippen LogP contribution is 2.48. The van der Waals surface area contributed by atoms with Crippen LogP contribution in [0.1, 0.15) is 44.7 Å². The minimum Gasteiger partial charge on any atom is -0.491 e. The Balaban J connectivity index is 1.41. The summed E-state index contributed by atoms with van der Waals surface area (Å²) in [4.78, 5) is 31.4. The Hall–Kier alpha value is -4.26. The number of amides is 2. The number of ether oxygens (including phenoxy) is 1. The molecule has 2 aliphatic heterocycles. The molecule has 0 aliphatic carbocycles. The van der Waals surface area contributed by atoms with Crippen LogP contribution in [-0.4, -0.2) is 54.1 Å². The molecular formula is C28H26F5N5O3. The van der Waals surface area contributed by atoms with Crippen LogP contribution in [0.4, 0.5) is 39.1 Å². The van der Waals surface area contributed by atoms with Gasteiger partial charge in [-0.25, -0.2) is 4.98 Å². The first-order valence-corrected chi connectivity index (χ1v) is 12.8. The summed E-state index contributed by atoms with van der Waals surface area (Å²) < 4.78 is 74.0.